The lowest BCUT2D eigenvalue weighted by Crippen LogP contribution is -2.46. The van der Waals surface area contributed by atoms with Crippen molar-refractivity contribution in [2.24, 2.45) is 10.8 Å². The highest BCUT2D eigenvalue weighted by molar-refractivity contribution is 5.77. The van der Waals surface area contributed by atoms with Crippen LogP contribution in [0.2, 0.25) is 0 Å². The van der Waals surface area contributed by atoms with E-state index in [-0.39, 0.29) is 16.8 Å². The van der Waals surface area contributed by atoms with Gasteiger partial charge in [0.05, 0.1) is 12.0 Å². The second-order valence-electron chi connectivity index (χ2n) is 6.76. The molecule has 0 amide bonds. The fourth-order valence-electron chi connectivity index (χ4n) is 2.54. The van der Waals surface area contributed by atoms with Crippen LogP contribution >= 0.6 is 0 Å². The molecule has 1 heterocycles. The SMILES string of the molecule is CCCC1(C(=O)OCCC(C)(C)C)CCCNC1. The van der Waals surface area contributed by atoms with E-state index in [4.69, 9.17) is 4.74 Å². The molecule has 1 saturated heterocycles. The summed E-state index contributed by atoms with van der Waals surface area (Å²) in [6, 6.07) is 0. The lowest BCUT2D eigenvalue weighted by Gasteiger charge is -2.35. The topological polar surface area (TPSA) is 38.3 Å². The first-order valence-electron chi connectivity index (χ1n) is 7.28. The van der Waals surface area contributed by atoms with Gasteiger partial charge in [0, 0.05) is 6.54 Å². The quantitative estimate of drug-likeness (QED) is 0.767. The summed E-state index contributed by atoms with van der Waals surface area (Å²) < 4.78 is 5.53. The molecule has 0 aromatic heterocycles. The summed E-state index contributed by atoms with van der Waals surface area (Å²) in [4.78, 5) is 12.3. The number of nitrogens with one attached hydrogen (secondary N) is 1. The van der Waals surface area contributed by atoms with E-state index in [0.717, 1.165) is 45.2 Å². The molecule has 1 atom stereocenters. The van der Waals surface area contributed by atoms with Crippen LogP contribution in [0.3, 0.4) is 0 Å². The van der Waals surface area contributed by atoms with E-state index in [1.54, 1.807) is 0 Å². The Bertz CT molecular complexity index is 257. The van der Waals surface area contributed by atoms with Crippen molar-refractivity contribution in [3.8, 4) is 0 Å². The Hall–Kier alpha value is -0.570. The number of rotatable bonds is 5. The lowest BCUT2D eigenvalue weighted by molar-refractivity contribution is -0.158. The third kappa shape index (κ3) is 4.60. The van der Waals surface area contributed by atoms with Gasteiger partial charge in [-0.15, -0.1) is 0 Å². The van der Waals surface area contributed by atoms with Crippen LogP contribution in [0.1, 0.15) is 59.8 Å². The largest absolute Gasteiger partial charge is 0.465 e. The van der Waals surface area contributed by atoms with Crippen molar-refractivity contribution < 1.29 is 9.53 Å². The Balaban J connectivity index is 2.49. The summed E-state index contributed by atoms with van der Waals surface area (Å²) in [5.74, 6) is 0.0146. The monoisotopic (exact) mass is 255 g/mol. The number of ether oxygens (including phenoxy) is 1. The predicted molar refractivity (Wildman–Crippen MR) is 74.5 cm³/mol. The van der Waals surface area contributed by atoms with Crippen molar-refractivity contribution >= 4 is 5.97 Å². The molecule has 18 heavy (non-hydrogen) atoms. The van der Waals surface area contributed by atoms with E-state index in [1.807, 2.05) is 0 Å². The van der Waals surface area contributed by atoms with Gasteiger partial charge in [-0.25, -0.2) is 0 Å². The first kappa shape index (κ1) is 15.5. The molecule has 0 saturated carbocycles. The van der Waals surface area contributed by atoms with Gasteiger partial charge in [-0.2, -0.15) is 0 Å². The Morgan fingerprint density at radius 1 is 1.39 bits per heavy atom. The number of hydrogen-bond donors (Lipinski definition) is 1. The van der Waals surface area contributed by atoms with Gasteiger partial charge >= 0.3 is 5.97 Å². The van der Waals surface area contributed by atoms with Crippen LogP contribution in [0.4, 0.5) is 0 Å². The minimum absolute atomic E-state index is 0.0146. The first-order valence-corrected chi connectivity index (χ1v) is 7.28. The number of piperidine rings is 1. The highest BCUT2D eigenvalue weighted by Crippen LogP contribution is 2.33. The van der Waals surface area contributed by atoms with Crippen LogP contribution in [0.5, 0.6) is 0 Å². The molecule has 3 heteroatoms. The molecular formula is C15H29NO2. The molecule has 0 spiro atoms. The zero-order valence-electron chi connectivity index (χ0n) is 12.5. The van der Waals surface area contributed by atoms with Crippen molar-refractivity contribution in [1.82, 2.24) is 5.32 Å². The zero-order valence-corrected chi connectivity index (χ0v) is 12.5. The summed E-state index contributed by atoms with van der Waals surface area (Å²) >= 11 is 0. The fraction of sp³-hybridized carbons (Fsp3) is 0.933. The maximum atomic E-state index is 12.3. The second-order valence-corrected chi connectivity index (χ2v) is 6.76. The van der Waals surface area contributed by atoms with Crippen LogP contribution in [-0.4, -0.2) is 25.7 Å². The lowest BCUT2D eigenvalue weighted by atomic mass is 9.77. The van der Waals surface area contributed by atoms with Crippen molar-refractivity contribution in [3.05, 3.63) is 0 Å². The number of carbonyl (C=O) groups is 1. The van der Waals surface area contributed by atoms with Crippen molar-refractivity contribution in [3.63, 3.8) is 0 Å². The minimum atomic E-state index is -0.259. The molecule has 0 radical (unpaired) electrons. The van der Waals surface area contributed by atoms with Crippen LogP contribution in [0, 0.1) is 10.8 Å². The smallest absolute Gasteiger partial charge is 0.313 e. The zero-order chi connectivity index (χ0) is 13.6. The molecule has 1 N–H and O–H groups in total. The number of carbonyl (C=O) groups excluding carboxylic acids is 1. The molecule has 1 rings (SSSR count). The average molecular weight is 255 g/mol. The summed E-state index contributed by atoms with van der Waals surface area (Å²) in [6.45, 7) is 11.0. The minimum Gasteiger partial charge on any atom is -0.465 e. The van der Waals surface area contributed by atoms with Gasteiger partial charge in [0.15, 0.2) is 0 Å². The molecule has 0 aromatic carbocycles. The molecule has 106 valence electrons. The predicted octanol–water partition coefficient (Wildman–Crippen LogP) is 3.14. The third-order valence-corrected chi connectivity index (χ3v) is 3.72. The van der Waals surface area contributed by atoms with Crippen LogP contribution < -0.4 is 5.32 Å². The van der Waals surface area contributed by atoms with E-state index in [9.17, 15) is 4.79 Å². The van der Waals surface area contributed by atoms with E-state index in [2.05, 4.69) is 33.0 Å². The fourth-order valence-corrected chi connectivity index (χ4v) is 2.54. The summed E-state index contributed by atoms with van der Waals surface area (Å²) in [7, 11) is 0. The van der Waals surface area contributed by atoms with Gasteiger partial charge in [-0.1, -0.05) is 34.1 Å². The van der Waals surface area contributed by atoms with Gasteiger partial charge in [-0.3, -0.25) is 4.79 Å². The van der Waals surface area contributed by atoms with Gasteiger partial charge in [-0.05, 0) is 37.6 Å². The molecule has 0 aromatic rings. The molecule has 0 aliphatic carbocycles. The summed E-state index contributed by atoms with van der Waals surface area (Å²) in [6.07, 6.45) is 4.95. The summed E-state index contributed by atoms with van der Waals surface area (Å²) in [5, 5.41) is 3.35. The van der Waals surface area contributed by atoms with E-state index < -0.39 is 0 Å². The van der Waals surface area contributed by atoms with E-state index >= 15 is 0 Å². The molecule has 1 aliphatic heterocycles. The average Bonchev–Trinajstić information content (AvgIpc) is 2.29. The molecule has 1 aliphatic rings. The van der Waals surface area contributed by atoms with Crippen molar-refractivity contribution in [2.45, 2.75) is 59.8 Å². The molecule has 3 nitrogen and oxygen atoms in total. The van der Waals surface area contributed by atoms with Gasteiger partial charge in [0.25, 0.3) is 0 Å². The maximum Gasteiger partial charge on any atom is 0.313 e. The standard InChI is InChI=1S/C15H29NO2/c1-5-7-15(8-6-10-16-12-15)13(17)18-11-9-14(2,3)4/h16H,5-12H2,1-4H3. The third-order valence-electron chi connectivity index (χ3n) is 3.72. The van der Waals surface area contributed by atoms with Crippen molar-refractivity contribution in [1.29, 1.82) is 0 Å². The first-order chi connectivity index (χ1) is 8.40. The summed E-state index contributed by atoms with van der Waals surface area (Å²) in [5.41, 5.74) is -0.0338. The van der Waals surface area contributed by atoms with Crippen molar-refractivity contribution in [2.75, 3.05) is 19.7 Å². The number of hydrogen-bond acceptors (Lipinski definition) is 3. The van der Waals surface area contributed by atoms with E-state index in [1.165, 1.54) is 0 Å². The Kier molecular flexibility index (Phi) is 5.64. The number of esters is 1. The highest BCUT2D eigenvalue weighted by atomic mass is 16.5. The van der Waals surface area contributed by atoms with Gasteiger partial charge in [0.1, 0.15) is 0 Å². The van der Waals surface area contributed by atoms with Crippen LogP contribution in [0.15, 0.2) is 0 Å². The van der Waals surface area contributed by atoms with Crippen LogP contribution in [-0.2, 0) is 9.53 Å². The Morgan fingerprint density at radius 3 is 2.61 bits per heavy atom. The molecule has 1 fully saturated rings. The molecule has 1 unspecified atom stereocenters. The van der Waals surface area contributed by atoms with Gasteiger partial charge in [0.2, 0.25) is 0 Å². The van der Waals surface area contributed by atoms with E-state index in [0.29, 0.717) is 6.61 Å². The molecule has 0 bridgehead atoms. The highest BCUT2D eigenvalue weighted by Gasteiger charge is 2.40. The normalized spacial score (nSPS) is 24.9. The molecular weight excluding hydrogens is 226 g/mol. The Morgan fingerprint density at radius 2 is 2.11 bits per heavy atom. The van der Waals surface area contributed by atoms with Crippen LogP contribution in [0.25, 0.3) is 0 Å². The second kappa shape index (κ2) is 6.55. The Labute approximate surface area is 112 Å². The maximum absolute atomic E-state index is 12.3. The van der Waals surface area contributed by atoms with Gasteiger partial charge < -0.3 is 10.1 Å².